The van der Waals surface area contributed by atoms with E-state index in [-0.39, 0.29) is 12.8 Å². The van der Waals surface area contributed by atoms with E-state index in [1.807, 2.05) is 0 Å². The van der Waals surface area contributed by atoms with Gasteiger partial charge in [0.25, 0.3) is 0 Å². The summed E-state index contributed by atoms with van der Waals surface area (Å²) in [6.07, 6.45) is 0.702. The predicted molar refractivity (Wildman–Crippen MR) is 52.0 cm³/mol. The standard InChI is InChI=1S/C11H16F2O3/c1-16-8(14)9(10(15)3-2-4-10)5-6-11(12,13)7-9/h15H,2-7H2,1H3. The Labute approximate surface area is 92.8 Å². The van der Waals surface area contributed by atoms with Gasteiger partial charge >= 0.3 is 5.97 Å². The summed E-state index contributed by atoms with van der Waals surface area (Å²) in [5.74, 6) is -3.55. The lowest BCUT2D eigenvalue weighted by Crippen LogP contribution is -2.57. The van der Waals surface area contributed by atoms with Crippen molar-refractivity contribution in [2.24, 2.45) is 5.41 Å². The minimum atomic E-state index is -2.86. The van der Waals surface area contributed by atoms with Crippen LogP contribution in [-0.4, -0.2) is 29.7 Å². The molecule has 16 heavy (non-hydrogen) atoms. The van der Waals surface area contributed by atoms with Crippen molar-refractivity contribution in [1.29, 1.82) is 0 Å². The lowest BCUT2D eigenvalue weighted by atomic mass is 9.60. The molecule has 0 spiro atoms. The molecule has 1 unspecified atom stereocenters. The van der Waals surface area contributed by atoms with Crippen LogP contribution in [0.25, 0.3) is 0 Å². The maximum absolute atomic E-state index is 13.3. The van der Waals surface area contributed by atoms with Crippen LogP contribution >= 0.6 is 0 Å². The van der Waals surface area contributed by atoms with Crippen LogP contribution < -0.4 is 0 Å². The van der Waals surface area contributed by atoms with Gasteiger partial charge in [0.15, 0.2) is 0 Å². The molecule has 0 aromatic heterocycles. The molecule has 0 aromatic carbocycles. The molecule has 0 amide bonds. The Hall–Kier alpha value is -0.710. The molecule has 0 aromatic rings. The van der Waals surface area contributed by atoms with Gasteiger partial charge in [-0.1, -0.05) is 0 Å². The van der Waals surface area contributed by atoms with Crippen LogP contribution in [0, 0.1) is 5.41 Å². The van der Waals surface area contributed by atoms with E-state index in [0.717, 1.165) is 6.42 Å². The van der Waals surface area contributed by atoms with Crippen LogP contribution in [0.4, 0.5) is 8.78 Å². The van der Waals surface area contributed by atoms with Gasteiger partial charge in [0.1, 0.15) is 5.41 Å². The summed E-state index contributed by atoms with van der Waals surface area (Å²) in [7, 11) is 1.18. The first-order valence-corrected chi connectivity index (χ1v) is 5.54. The Morgan fingerprint density at radius 2 is 1.88 bits per heavy atom. The molecular formula is C11H16F2O3. The number of rotatable bonds is 2. The zero-order chi connectivity index (χ0) is 12.0. The Bertz CT molecular complexity index is 312. The first-order chi connectivity index (χ1) is 7.35. The second-order valence-corrected chi connectivity index (χ2v) is 4.99. The van der Waals surface area contributed by atoms with E-state index in [4.69, 9.17) is 0 Å². The maximum atomic E-state index is 13.3. The van der Waals surface area contributed by atoms with E-state index < -0.39 is 29.3 Å². The van der Waals surface area contributed by atoms with Crippen molar-refractivity contribution in [2.75, 3.05) is 7.11 Å². The summed E-state index contributed by atoms with van der Waals surface area (Å²) in [6, 6.07) is 0. The molecule has 2 rings (SSSR count). The second kappa shape index (κ2) is 3.39. The molecule has 2 saturated carbocycles. The molecule has 2 aliphatic carbocycles. The van der Waals surface area contributed by atoms with Gasteiger partial charge in [0, 0.05) is 12.8 Å². The van der Waals surface area contributed by atoms with Gasteiger partial charge in [-0.3, -0.25) is 4.79 Å². The van der Waals surface area contributed by atoms with Crippen LogP contribution in [0.3, 0.4) is 0 Å². The van der Waals surface area contributed by atoms with Crippen molar-refractivity contribution in [2.45, 2.75) is 50.0 Å². The first kappa shape index (κ1) is 11.8. The smallest absolute Gasteiger partial charge is 0.314 e. The highest BCUT2D eigenvalue weighted by atomic mass is 19.3. The summed E-state index contributed by atoms with van der Waals surface area (Å²) in [6.45, 7) is 0. The SMILES string of the molecule is COC(=O)C1(C2(O)CCC2)CCC(F)(F)C1. The lowest BCUT2D eigenvalue weighted by Gasteiger charge is -2.48. The molecule has 0 heterocycles. The van der Waals surface area contributed by atoms with E-state index in [1.165, 1.54) is 7.11 Å². The van der Waals surface area contributed by atoms with Crippen LogP contribution in [0.5, 0.6) is 0 Å². The summed E-state index contributed by atoms with van der Waals surface area (Å²) in [4.78, 5) is 11.7. The summed E-state index contributed by atoms with van der Waals surface area (Å²) >= 11 is 0. The van der Waals surface area contributed by atoms with E-state index >= 15 is 0 Å². The zero-order valence-corrected chi connectivity index (χ0v) is 9.26. The van der Waals surface area contributed by atoms with Crippen LogP contribution in [0.15, 0.2) is 0 Å². The predicted octanol–water partition coefficient (Wildman–Crippen LogP) is 1.88. The fraction of sp³-hybridized carbons (Fsp3) is 0.909. The number of carbonyl (C=O) groups is 1. The second-order valence-electron chi connectivity index (χ2n) is 4.99. The summed E-state index contributed by atoms with van der Waals surface area (Å²) in [5.41, 5.74) is -2.66. The Balaban J connectivity index is 2.31. The minimum Gasteiger partial charge on any atom is -0.469 e. The van der Waals surface area contributed by atoms with E-state index in [2.05, 4.69) is 4.74 Å². The number of carbonyl (C=O) groups excluding carboxylic acids is 1. The Kier molecular flexibility index (Phi) is 2.49. The average molecular weight is 234 g/mol. The van der Waals surface area contributed by atoms with Crippen molar-refractivity contribution in [3.63, 3.8) is 0 Å². The number of aliphatic hydroxyl groups is 1. The fourth-order valence-electron chi connectivity index (χ4n) is 2.96. The van der Waals surface area contributed by atoms with Gasteiger partial charge in [-0.2, -0.15) is 0 Å². The molecule has 92 valence electrons. The van der Waals surface area contributed by atoms with Crippen molar-refractivity contribution < 1.29 is 23.4 Å². The third kappa shape index (κ3) is 1.44. The van der Waals surface area contributed by atoms with Gasteiger partial charge in [-0.05, 0) is 25.7 Å². The molecule has 3 nitrogen and oxygen atoms in total. The first-order valence-electron chi connectivity index (χ1n) is 5.54. The van der Waals surface area contributed by atoms with Crippen molar-refractivity contribution in [1.82, 2.24) is 0 Å². The Morgan fingerprint density at radius 3 is 2.19 bits per heavy atom. The van der Waals surface area contributed by atoms with Crippen LogP contribution in [0.2, 0.25) is 0 Å². The number of ether oxygens (including phenoxy) is 1. The highest BCUT2D eigenvalue weighted by Gasteiger charge is 2.66. The summed E-state index contributed by atoms with van der Waals surface area (Å²) < 4.78 is 31.2. The molecule has 0 radical (unpaired) electrons. The average Bonchev–Trinajstić information content (AvgIpc) is 2.51. The quantitative estimate of drug-likeness (QED) is 0.742. The van der Waals surface area contributed by atoms with E-state index in [0.29, 0.717) is 12.8 Å². The summed E-state index contributed by atoms with van der Waals surface area (Å²) in [5, 5.41) is 10.3. The Morgan fingerprint density at radius 1 is 1.25 bits per heavy atom. The molecule has 1 atom stereocenters. The number of hydrogen-bond acceptors (Lipinski definition) is 3. The molecule has 2 fully saturated rings. The monoisotopic (exact) mass is 234 g/mol. The van der Waals surface area contributed by atoms with Crippen molar-refractivity contribution in [3.8, 4) is 0 Å². The lowest BCUT2D eigenvalue weighted by molar-refractivity contribution is -0.191. The van der Waals surface area contributed by atoms with Crippen LogP contribution in [0.1, 0.15) is 38.5 Å². The normalized spacial score (nSPS) is 35.5. The molecule has 0 saturated heterocycles. The van der Waals surface area contributed by atoms with E-state index in [9.17, 15) is 18.7 Å². The molecule has 0 aliphatic heterocycles. The zero-order valence-electron chi connectivity index (χ0n) is 9.26. The third-order valence-corrected chi connectivity index (χ3v) is 4.13. The number of hydrogen-bond donors (Lipinski definition) is 1. The van der Waals surface area contributed by atoms with E-state index in [1.54, 1.807) is 0 Å². The minimum absolute atomic E-state index is 0.0170. The number of halogens is 2. The van der Waals surface area contributed by atoms with Gasteiger partial charge in [0.05, 0.1) is 12.7 Å². The van der Waals surface area contributed by atoms with Crippen molar-refractivity contribution in [3.05, 3.63) is 0 Å². The largest absolute Gasteiger partial charge is 0.469 e. The third-order valence-electron chi connectivity index (χ3n) is 4.13. The highest BCUT2D eigenvalue weighted by Crippen LogP contribution is 2.59. The molecule has 0 bridgehead atoms. The van der Waals surface area contributed by atoms with Gasteiger partial charge in [-0.15, -0.1) is 0 Å². The number of methoxy groups -OCH3 is 1. The van der Waals surface area contributed by atoms with Crippen LogP contribution in [-0.2, 0) is 9.53 Å². The van der Waals surface area contributed by atoms with Gasteiger partial charge in [-0.25, -0.2) is 8.78 Å². The van der Waals surface area contributed by atoms with Crippen molar-refractivity contribution >= 4 is 5.97 Å². The number of alkyl halides is 2. The topological polar surface area (TPSA) is 46.5 Å². The highest BCUT2D eigenvalue weighted by molar-refractivity contribution is 5.79. The van der Waals surface area contributed by atoms with Gasteiger partial charge < -0.3 is 9.84 Å². The molecule has 5 heteroatoms. The molecule has 1 N–H and O–H groups in total. The maximum Gasteiger partial charge on any atom is 0.314 e. The molecular weight excluding hydrogens is 218 g/mol. The fourth-order valence-corrected chi connectivity index (χ4v) is 2.96. The molecule has 2 aliphatic rings. The van der Waals surface area contributed by atoms with Gasteiger partial charge in [0.2, 0.25) is 5.92 Å². The number of esters is 1.